The van der Waals surface area contributed by atoms with Crippen molar-refractivity contribution in [2.75, 3.05) is 39.5 Å². The molecule has 0 amide bonds. The molecule has 4 saturated carbocycles. The van der Waals surface area contributed by atoms with E-state index in [2.05, 4.69) is 0 Å². The molecule has 4 fully saturated rings. The molecule has 4 unspecified atom stereocenters. The summed E-state index contributed by atoms with van der Waals surface area (Å²) in [6, 6.07) is 0. The predicted octanol–water partition coefficient (Wildman–Crippen LogP) is 0.0973. The van der Waals surface area contributed by atoms with Gasteiger partial charge in [-0.25, -0.2) is 0 Å². The molecule has 0 heterocycles. The van der Waals surface area contributed by atoms with Gasteiger partial charge in [0.05, 0.1) is 24.0 Å². The van der Waals surface area contributed by atoms with Crippen LogP contribution in [0.2, 0.25) is 0 Å². The number of aliphatic hydroxyl groups excluding tert-OH is 2. The average Bonchev–Trinajstić information content (AvgIpc) is 2.92. The summed E-state index contributed by atoms with van der Waals surface area (Å²) in [4.78, 5) is 26.3. The third kappa shape index (κ3) is 2.82. The molecule has 0 aromatic carbocycles. The van der Waals surface area contributed by atoms with E-state index in [-0.39, 0.29) is 31.7 Å². The van der Waals surface area contributed by atoms with Gasteiger partial charge in [0, 0.05) is 19.6 Å². The lowest BCUT2D eigenvalue weighted by Crippen LogP contribution is -2.41. The van der Waals surface area contributed by atoms with Crippen LogP contribution in [-0.4, -0.2) is 71.6 Å². The quantitative estimate of drug-likeness (QED) is 0.510. The van der Waals surface area contributed by atoms with Gasteiger partial charge in [0.1, 0.15) is 6.61 Å². The Morgan fingerprint density at radius 3 is 2.38 bits per heavy atom. The fourth-order valence-electron chi connectivity index (χ4n) is 5.51. The zero-order chi connectivity index (χ0) is 17.4. The summed E-state index contributed by atoms with van der Waals surface area (Å²) in [6.45, 7) is 1.49. The van der Waals surface area contributed by atoms with E-state index >= 15 is 0 Å². The summed E-state index contributed by atoms with van der Waals surface area (Å²) >= 11 is 0. The Morgan fingerprint density at radius 1 is 1.08 bits per heavy atom. The first-order chi connectivity index (χ1) is 11.5. The summed E-state index contributed by atoms with van der Waals surface area (Å²) in [5.41, 5.74) is -1.31. The lowest BCUT2D eigenvalue weighted by atomic mass is 9.67. The number of esters is 1. The number of carbonyl (C=O) groups excluding carboxylic acids is 1. The zero-order valence-corrected chi connectivity index (χ0v) is 13.9. The monoisotopic (exact) mass is 341 g/mol. The fraction of sp³-hybridized carbons (Fsp3) is 0.882. The number of nitrogens with zero attached hydrogens (tertiary/aromatic N) is 1. The van der Waals surface area contributed by atoms with Crippen molar-refractivity contribution < 1.29 is 29.6 Å². The van der Waals surface area contributed by atoms with Crippen molar-refractivity contribution in [3.63, 3.8) is 0 Å². The van der Waals surface area contributed by atoms with Crippen molar-refractivity contribution in [2.24, 2.45) is 22.7 Å². The number of carboxylic acids is 1. The lowest BCUT2D eigenvalue weighted by Gasteiger charge is -2.37. The van der Waals surface area contributed by atoms with Crippen LogP contribution in [0.4, 0.5) is 0 Å². The van der Waals surface area contributed by atoms with Crippen LogP contribution in [-0.2, 0) is 14.3 Å². The molecule has 0 aromatic heterocycles. The van der Waals surface area contributed by atoms with E-state index in [1.807, 2.05) is 4.90 Å². The summed E-state index contributed by atoms with van der Waals surface area (Å²) in [5, 5.41) is 27.6. The number of hydrogen-bond donors (Lipinski definition) is 3. The minimum atomic E-state index is -0.749. The van der Waals surface area contributed by atoms with Crippen molar-refractivity contribution in [1.29, 1.82) is 0 Å². The van der Waals surface area contributed by atoms with Gasteiger partial charge >= 0.3 is 11.9 Å². The molecule has 0 aliphatic heterocycles. The summed E-state index contributed by atoms with van der Waals surface area (Å²) in [7, 11) is 0. The van der Waals surface area contributed by atoms with Gasteiger partial charge in [0.25, 0.3) is 0 Å². The first-order valence-corrected chi connectivity index (χ1v) is 8.80. The molecule has 4 aliphatic carbocycles. The number of hydrogen-bond acceptors (Lipinski definition) is 6. The fourth-order valence-corrected chi connectivity index (χ4v) is 5.51. The molecule has 0 spiro atoms. The lowest BCUT2D eigenvalue weighted by molar-refractivity contribution is -0.162. The number of rotatable bonds is 9. The van der Waals surface area contributed by atoms with E-state index in [0.29, 0.717) is 44.8 Å². The highest BCUT2D eigenvalue weighted by molar-refractivity contribution is 5.83. The van der Waals surface area contributed by atoms with Crippen molar-refractivity contribution >= 4 is 11.9 Å². The number of carboxylic acid groups (broad SMARTS) is 1. The topological polar surface area (TPSA) is 107 Å². The summed E-state index contributed by atoms with van der Waals surface area (Å²) in [5.74, 6) is -0.558. The second-order valence-electron chi connectivity index (χ2n) is 7.75. The average molecular weight is 341 g/mol. The van der Waals surface area contributed by atoms with Crippen LogP contribution < -0.4 is 0 Å². The Morgan fingerprint density at radius 2 is 1.79 bits per heavy atom. The van der Waals surface area contributed by atoms with Crippen LogP contribution >= 0.6 is 0 Å². The summed E-state index contributed by atoms with van der Waals surface area (Å²) < 4.78 is 5.48. The Bertz CT molecular complexity index is 505. The molecule has 4 rings (SSSR count). The SMILES string of the molecule is O=C(OCCN(CCO)CCO)C12CC3CC(C1)C(C(=O)O)(C3)C2. The second-order valence-corrected chi connectivity index (χ2v) is 7.75. The number of ether oxygens (including phenoxy) is 1. The van der Waals surface area contributed by atoms with Crippen LogP contribution in [0.5, 0.6) is 0 Å². The molecule has 0 aromatic rings. The second kappa shape index (κ2) is 6.61. The molecule has 0 saturated heterocycles. The van der Waals surface area contributed by atoms with Gasteiger partial charge in [-0.3, -0.25) is 14.5 Å². The molecule has 24 heavy (non-hydrogen) atoms. The van der Waals surface area contributed by atoms with Crippen molar-refractivity contribution in [1.82, 2.24) is 4.90 Å². The van der Waals surface area contributed by atoms with Gasteiger partial charge < -0.3 is 20.1 Å². The van der Waals surface area contributed by atoms with E-state index in [1.165, 1.54) is 0 Å². The van der Waals surface area contributed by atoms with E-state index < -0.39 is 16.8 Å². The van der Waals surface area contributed by atoms with Crippen LogP contribution in [0, 0.1) is 22.7 Å². The summed E-state index contributed by atoms with van der Waals surface area (Å²) in [6.07, 6.45) is 3.47. The highest BCUT2D eigenvalue weighted by Gasteiger charge is 2.70. The molecule has 0 radical (unpaired) electrons. The molecular weight excluding hydrogens is 314 g/mol. The van der Waals surface area contributed by atoms with Crippen LogP contribution in [0.1, 0.15) is 32.1 Å². The maximum Gasteiger partial charge on any atom is 0.312 e. The maximum absolute atomic E-state index is 12.7. The Labute approximate surface area is 141 Å². The minimum absolute atomic E-state index is 0.0115. The van der Waals surface area contributed by atoms with E-state index in [1.54, 1.807) is 0 Å². The van der Waals surface area contributed by atoms with Crippen molar-refractivity contribution in [3.05, 3.63) is 0 Å². The first-order valence-electron chi connectivity index (χ1n) is 8.80. The molecule has 4 bridgehead atoms. The van der Waals surface area contributed by atoms with Crippen molar-refractivity contribution in [3.8, 4) is 0 Å². The third-order valence-corrected chi connectivity index (χ3v) is 6.35. The predicted molar refractivity (Wildman–Crippen MR) is 84.1 cm³/mol. The smallest absolute Gasteiger partial charge is 0.312 e. The van der Waals surface area contributed by atoms with Crippen LogP contribution in [0.25, 0.3) is 0 Å². The number of aliphatic hydroxyl groups is 2. The highest BCUT2D eigenvalue weighted by atomic mass is 16.5. The van der Waals surface area contributed by atoms with Gasteiger partial charge in [-0.15, -0.1) is 0 Å². The highest BCUT2D eigenvalue weighted by Crippen LogP contribution is 2.70. The van der Waals surface area contributed by atoms with E-state index in [9.17, 15) is 14.7 Å². The largest absolute Gasteiger partial charge is 0.481 e. The number of aliphatic carboxylic acids is 1. The molecule has 4 aliphatic rings. The number of carbonyl (C=O) groups is 2. The Kier molecular flexibility index (Phi) is 4.86. The third-order valence-electron chi connectivity index (χ3n) is 6.35. The molecule has 3 N–H and O–H groups in total. The molecule has 7 heteroatoms. The van der Waals surface area contributed by atoms with Gasteiger partial charge in [-0.2, -0.15) is 0 Å². The molecule has 7 nitrogen and oxygen atoms in total. The Hall–Kier alpha value is -1.18. The van der Waals surface area contributed by atoms with Crippen molar-refractivity contribution in [2.45, 2.75) is 32.1 Å². The van der Waals surface area contributed by atoms with E-state index in [4.69, 9.17) is 14.9 Å². The standard InChI is InChI=1S/C17H27NO6/c19-4-1-18(2-5-20)3-6-24-15(23)16-8-12-7-13(10-16)17(9-12,11-16)14(21)22/h12-13,19-20H,1-11H2,(H,21,22). The van der Waals surface area contributed by atoms with Gasteiger partial charge in [0.15, 0.2) is 0 Å². The molecule has 4 atom stereocenters. The maximum atomic E-state index is 12.7. The van der Waals surface area contributed by atoms with Crippen LogP contribution in [0.3, 0.4) is 0 Å². The van der Waals surface area contributed by atoms with Gasteiger partial charge in [0.2, 0.25) is 0 Å². The Balaban J connectivity index is 1.57. The normalized spacial score (nSPS) is 36.5. The van der Waals surface area contributed by atoms with Crippen LogP contribution in [0.15, 0.2) is 0 Å². The molecular formula is C17H27NO6. The minimum Gasteiger partial charge on any atom is -0.481 e. The van der Waals surface area contributed by atoms with Gasteiger partial charge in [-0.1, -0.05) is 0 Å². The molecule has 136 valence electrons. The van der Waals surface area contributed by atoms with Gasteiger partial charge in [-0.05, 0) is 43.9 Å². The van der Waals surface area contributed by atoms with E-state index in [0.717, 1.165) is 12.8 Å². The first kappa shape index (κ1) is 17.6. The zero-order valence-electron chi connectivity index (χ0n) is 13.9.